The molecule has 0 aliphatic rings. The van der Waals surface area contributed by atoms with Crippen molar-refractivity contribution in [1.82, 2.24) is 4.98 Å². The van der Waals surface area contributed by atoms with Gasteiger partial charge in [0.2, 0.25) is 5.88 Å². The highest BCUT2D eigenvalue weighted by molar-refractivity contribution is 7.92. The lowest BCUT2D eigenvalue weighted by molar-refractivity contribution is -0.116. The summed E-state index contributed by atoms with van der Waals surface area (Å²) in [6.45, 7) is 1.01. The van der Waals surface area contributed by atoms with Crippen molar-refractivity contribution in [1.29, 1.82) is 0 Å². The van der Waals surface area contributed by atoms with Crippen molar-refractivity contribution in [3.05, 3.63) is 84.2 Å². The monoisotopic (exact) mass is 466 g/mol. The van der Waals surface area contributed by atoms with E-state index in [0.717, 1.165) is 11.6 Å². The molecule has 0 unspecified atom stereocenters. The average molecular weight is 466 g/mol. The fourth-order valence-electron chi connectivity index (χ4n) is 3.27. The molecule has 10 heteroatoms. The van der Waals surface area contributed by atoms with Gasteiger partial charge >= 0.3 is 0 Å². The van der Waals surface area contributed by atoms with Crippen LogP contribution in [-0.4, -0.2) is 31.0 Å². The lowest BCUT2D eigenvalue weighted by atomic mass is 10.2. The molecule has 0 fully saturated rings. The van der Waals surface area contributed by atoms with Gasteiger partial charge in [-0.15, -0.1) is 10.2 Å². The number of hydrogen-bond acceptors (Lipinski definition) is 5. The number of aromatic amines is 1. The molecule has 2 N–H and O–H groups in total. The topological polar surface area (TPSA) is 115 Å². The number of carbonyl (C=O) groups is 1. The molecule has 0 aliphatic heterocycles. The van der Waals surface area contributed by atoms with E-state index < -0.39 is 28.3 Å². The van der Waals surface area contributed by atoms with Crippen LogP contribution in [0, 0.1) is 12.7 Å². The summed E-state index contributed by atoms with van der Waals surface area (Å²) in [5.74, 6) is -2.04. The number of aromatic hydroxyl groups is 1. The Hall–Kier alpha value is -4.05. The van der Waals surface area contributed by atoms with E-state index in [0.29, 0.717) is 15.2 Å². The molecule has 0 saturated carbocycles. The molecule has 0 aliphatic carbocycles. The molecule has 0 saturated heterocycles. The minimum absolute atomic E-state index is 0.0396. The first-order chi connectivity index (χ1) is 15.8. The van der Waals surface area contributed by atoms with Gasteiger partial charge in [0, 0.05) is 5.39 Å². The number of para-hydroxylation sites is 2. The summed E-state index contributed by atoms with van der Waals surface area (Å²) in [7, 11) is -4.29. The average Bonchev–Trinajstić information content (AvgIpc) is 3.11. The summed E-state index contributed by atoms with van der Waals surface area (Å²) in [4.78, 5) is 15.2. The van der Waals surface area contributed by atoms with Crippen LogP contribution in [0.3, 0.4) is 0 Å². The van der Waals surface area contributed by atoms with Crippen molar-refractivity contribution in [2.75, 3.05) is 10.8 Å². The molecule has 168 valence electrons. The van der Waals surface area contributed by atoms with Crippen molar-refractivity contribution in [2.24, 2.45) is 10.2 Å². The van der Waals surface area contributed by atoms with Gasteiger partial charge in [-0.3, -0.25) is 9.10 Å². The second-order valence-corrected chi connectivity index (χ2v) is 9.10. The van der Waals surface area contributed by atoms with Gasteiger partial charge < -0.3 is 10.1 Å². The van der Waals surface area contributed by atoms with Crippen LogP contribution in [-0.2, 0) is 14.8 Å². The van der Waals surface area contributed by atoms with Gasteiger partial charge in [0.25, 0.3) is 15.9 Å². The number of H-pyrrole nitrogens is 1. The molecular formula is C23H19FN4O4S. The number of anilines is 1. The number of halogens is 1. The number of aromatic nitrogens is 1. The van der Waals surface area contributed by atoms with E-state index in [2.05, 4.69) is 15.2 Å². The fraction of sp³-hybridized carbons (Fsp3) is 0.0870. The van der Waals surface area contributed by atoms with E-state index in [1.54, 1.807) is 43.3 Å². The molecule has 0 spiro atoms. The van der Waals surface area contributed by atoms with E-state index in [1.807, 2.05) is 0 Å². The molecule has 0 atom stereocenters. The number of nitrogens with one attached hydrogen (secondary N) is 1. The lowest BCUT2D eigenvalue weighted by Crippen LogP contribution is -2.36. The number of nitrogens with zero attached hydrogens (tertiary/aromatic N) is 3. The minimum Gasteiger partial charge on any atom is -0.493 e. The standard InChI is InChI=1S/C23H19FN4O4S/c1-15-10-12-16(13-11-15)33(31,32)28(20-9-5-3-7-18(20)24)14-21(29)26-27-22-17-6-2-4-8-19(17)25-23(22)30/h2-13,25,30H,14H2,1H3. The zero-order valence-corrected chi connectivity index (χ0v) is 18.3. The largest absolute Gasteiger partial charge is 0.493 e. The third-order valence-electron chi connectivity index (χ3n) is 4.93. The van der Waals surface area contributed by atoms with Crippen LogP contribution in [0.1, 0.15) is 5.56 Å². The molecule has 4 aromatic rings. The SMILES string of the molecule is Cc1ccc(S(=O)(=O)N(CC(=O)N=Nc2c(O)[nH]c3ccccc23)c2ccccc2F)cc1. The number of hydrogen-bond donors (Lipinski definition) is 2. The van der Waals surface area contributed by atoms with Crippen molar-refractivity contribution in [2.45, 2.75) is 11.8 Å². The molecule has 4 rings (SSSR count). The van der Waals surface area contributed by atoms with Gasteiger partial charge in [0.1, 0.15) is 12.4 Å². The van der Waals surface area contributed by atoms with E-state index in [-0.39, 0.29) is 22.2 Å². The Morgan fingerprint density at radius 1 is 1.03 bits per heavy atom. The van der Waals surface area contributed by atoms with E-state index in [4.69, 9.17) is 0 Å². The third kappa shape index (κ3) is 4.46. The zero-order valence-electron chi connectivity index (χ0n) is 17.4. The smallest absolute Gasteiger partial charge is 0.285 e. The van der Waals surface area contributed by atoms with Gasteiger partial charge in [-0.25, -0.2) is 12.8 Å². The highest BCUT2D eigenvalue weighted by Gasteiger charge is 2.29. The van der Waals surface area contributed by atoms with Gasteiger partial charge in [0.05, 0.1) is 16.1 Å². The fourth-order valence-corrected chi connectivity index (χ4v) is 4.69. The first kappa shape index (κ1) is 22.2. The lowest BCUT2D eigenvalue weighted by Gasteiger charge is -2.23. The van der Waals surface area contributed by atoms with Crippen LogP contribution in [0.25, 0.3) is 10.9 Å². The van der Waals surface area contributed by atoms with Gasteiger partial charge in [0.15, 0.2) is 5.69 Å². The highest BCUT2D eigenvalue weighted by atomic mass is 32.2. The van der Waals surface area contributed by atoms with Crippen LogP contribution in [0.15, 0.2) is 87.9 Å². The Labute approximate surface area is 189 Å². The molecule has 1 aromatic heterocycles. The van der Waals surface area contributed by atoms with Crippen LogP contribution in [0.5, 0.6) is 5.88 Å². The summed E-state index contributed by atoms with van der Waals surface area (Å²) in [5.41, 5.74) is 1.18. The predicted octanol–water partition coefficient (Wildman–Crippen LogP) is 4.83. The van der Waals surface area contributed by atoms with E-state index >= 15 is 0 Å². The Morgan fingerprint density at radius 3 is 2.42 bits per heavy atom. The van der Waals surface area contributed by atoms with Gasteiger partial charge in [-0.05, 0) is 37.3 Å². The Kier molecular flexibility index (Phi) is 5.93. The second-order valence-electron chi connectivity index (χ2n) is 7.24. The van der Waals surface area contributed by atoms with Crippen LogP contribution in [0.2, 0.25) is 0 Å². The summed E-state index contributed by atoms with van der Waals surface area (Å²) >= 11 is 0. The number of benzene rings is 3. The predicted molar refractivity (Wildman–Crippen MR) is 122 cm³/mol. The number of azo groups is 1. The molecule has 0 radical (unpaired) electrons. The quantitative estimate of drug-likeness (QED) is 0.396. The van der Waals surface area contributed by atoms with Crippen LogP contribution < -0.4 is 4.31 Å². The maximum Gasteiger partial charge on any atom is 0.285 e. The number of rotatable bonds is 6. The molecular weight excluding hydrogens is 447 g/mol. The van der Waals surface area contributed by atoms with Crippen LogP contribution in [0.4, 0.5) is 15.8 Å². The Balaban J connectivity index is 1.69. The molecule has 33 heavy (non-hydrogen) atoms. The number of aryl methyl sites for hydroxylation is 1. The number of carbonyl (C=O) groups excluding carboxylic acids is 1. The summed E-state index contributed by atoms with van der Waals surface area (Å²) in [6, 6.07) is 18.1. The van der Waals surface area contributed by atoms with E-state index in [1.165, 1.54) is 30.3 Å². The molecule has 1 heterocycles. The number of sulfonamides is 1. The first-order valence-electron chi connectivity index (χ1n) is 9.85. The molecule has 3 aromatic carbocycles. The maximum atomic E-state index is 14.5. The molecule has 1 amide bonds. The third-order valence-corrected chi connectivity index (χ3v) is 6.70. The summed E-state index contributed by atoms with van der Waals surface area (Å²) in [5, 5.41) is 18.0. The maximum absolute atomic E-state index is 14.5. The zero-order chi connectivity index (χ0) is 23.6. The summed E-state index contributed by atoms with van der Waals surface area (Å²) in [6.07, 6.45) is 0. The highest BCUT2D eigenvalue weighted by Crippen LogP contribution is 2.35. The van der Waals surface area contributed by atoms with Crippen molar-refractivity contribution in [3.8, 4) is 5.88 Å². The Morgan fingerprint density at radius 2 is 1.70 bits per heavy atom. The number of amides is 1. The van der Waals surface area contributed by atoms with Crippen molar-refractivity contribution < 1.29 is 22.7 Å². The molecule has 0 bridgehead atoms. The summed E-state index contributed by atoms with van der Waals surface area (Å²) < 4.78 is 41.8. The molecule has 8 nitrogen and oxygen atoms in total. The van der Waals surface area contributed by atoms with Crippen molar-refractivity contribution >= 4 is 38.2 Å². The van der Waals surface area contributed by atoms with Crippen LogP contribution >= 0.6 is 0 Å². The Bertz CT molecular complexity index is 1460. The van der Waals surface area contributed by atoms with Crippen molar-refractivity contribution in [3.63, 3.8) is 0 Å². The van der Waals surface area contributed by atoms with Gasteiger partial charge in [-0.1, -0.05) is 48.0 Å². The van der Waals surface area contributed by atoms with Gasteiger partial charge in [-0.2, -0.15) is 0 Å². The second kappa shape index (κ2) is 8.83. The normalized spacial score (nSPS) is 11.8. The first-order valence-corrected chi connectivity index (χ1v) is 11.3. The van der Waals surface area contributed by atoms with E-state index in [9.17, 15) is 22.7 Å². The number of fused-ring (bicyclic) bond motifs is 1. The minimum atomic E-state index is -4.29.